The number of fused-ring (bicyclic) bond motifs is 1. The number of methoxy groups -OCH3 is 1. The number of aromatic nitrogens is 5. The Balaban J connectivity index is 1.71. The van der Waals surface area contributed by atoms with Gasteiger partial charge in [-0.15, -0.1) is 0 Å². The van der Waals surface area contributed by atoms with Crippen LogP contribution < -0.4 is 20.7 Å². The summed E-state index contributed by atoms with van der Waals surface area (Å²) in [7, 11) is 3.44. The third kappa shape index (κ3) is 3.41. The van der Waals surface area contributed by atoms with Crippen molar-refractivity contribution in [3.8, 4) is 11.6 Å². The third-order valence-electron chi connectivity index (χ3n) is 4.43. The Bertz CT molecular complexity index is 968. The van der Waals surface area contributed by atoms with Crippen LogP contribution in [0.3, 0.4) is 0 Å². The second kappa shape index (κ2) is 7.20. The first-order valence-corrected chi connectivity index (χ1v) is 8.79. The summed E-state index contributed by atoms with van der Waals surface area (Å²) in [5.74, 6) is 1.77. The molecule has 0 aromatic carbocycles. The summed E-state index contributed by atoms with van der Waals surface area (Å²) in [5, 5.41) is 14.2. The minimum Gasteiger partial charge on any atom is -0.479 e. The minimum atomic E-state index is 0.504. The lowest BCUT2D eigenvalue weighted by molar-refractivity contribution is 0.394. The Labute approximate surface area is 157 Å². The highest BCUT2D eigenvalue weighted by atomic mass is 16.5. The zero-order valence-electron chi connectivity index (χ0n) is 15.6. The zero-order chi connectivity index (χ0) is 18.8. The van der Waals surface area contributed by atoms with Gasteiger partial charge >= 0.3 is 0 Å². The van der Waals surface area contributed by atoms with E-state index in [2.05, 4.69) is 36.0 Å². The van der Waals surface area contributed by atoms with Crippen molar-refractivity contribution in [1.82, 2.24) is 30.0 Å². The molecular weight excluding hydrogens is 344 g/mol. The molecule has 0 aliphatic carbocycles. The Kier molecular flexibility index (Phi) is 4.59. The van der Waals surface area contributed by atoms with Crippen molar-refractivity contribution < 1.29 is 4.74 Å². The lowest BCUT2D eigenvalue weighted by Gasteiger charge is -2.17. The number of rotatable bonds is 5. The Morgan fingerprint density at radius 2 is 2.11 bits per heavy atom. The van der Waals surface area contributed by atoms with E-state index in [0.29, 0.717) is 11.8 Å². The van der Waals surface area contributed by atoms with Gasteiger partial charge in [0, 0.05) is 43.9 Å². The fraction of sp³-hybridized carbons (Fsp3) is 0.333. The van der Waals surface area contributed by atoms with Crippen LogP contribution in [-0.2, 0) is 13.0 Å². The molecule has 4 rings (SSSR count). The van der Waals surface area contributed by atoms with Crippen LogP contribution in [-0.4, -0.2) is 45.4 Å². The average Bonchev–Trinajstić information content (AvgIpc) is 3.11. The molecule has 3 aromatic rings. The van der Waals surface area contributed by atoms with Crippen LogP contribution in [0, 0.1) is 6.92 Å². The number of pyridine rings is 1. The molecule has 0 amide bonds. The van der Waals surface area contributed by atoms with Crippen LogP contribution in [0.2, 0.25) is 0 Å². The van der Waals surface area contributed by atoms with E-state index >= 15 is 0 Å². The van der Waals surface area contributed by atoms with Crippen molar-refractivity contribution in [2.75, 3.05) is 31.3 Å². The van der Waals surface area contributed by atoms with Crippen LogP contribution in [0.25, 0.3) is 5.69 Å². The van der Waals surface area contributed by atoms with E-state index in [4.69, 9.17) is 4.74 Å². The molecule has 0 fully saturated rings. The van der Waals surface area contributed by atoms with E-state index < -0.39 is 0 Å². The molecule has 0 unspecified atom stereocenters. The van der Waals surface area contributed by atoms with Gasteiger partial charge in [0.25, 0.3) is 0 Å². The maximum atomic E-state index is 5.46. The second-order valence-electron chi connectivity index (χ2n) is 6.30. The van der Waals surface area contributed by atoms with E-state index in [9.17, 15) is 0 Å². The van der Waals surface area contributed by atoms with Crippen LogP contribution in [0.4, 0.5) is 17.5 Å². The zero-order valence-corrected chi connectivity index (χ0v) is 15.6. The van der Waals surface area contributed by atoms with Gasteiger partial charge < -0.3 is 20.7 Å². The van der Waals surface area contributed by atoms with Gasteiger partial charge in [0.15, 0.2) is 0 Å². The summed E-state index contributed by atoms with van der Waals surface area (Å²) in [6, 6.07) is 3.83. The first kappa shape index (κ1) is 17.2. The molecule has 0 radical (unpaired) electrons. The van der Waals surface area contributed by atoms with Crippen molar-refractivity contribution in [2.24, 2.45) is 0 Å². The number of hydrogen-bond acceptors (Lipinski definition) is 8. The largest absolute Gasteiger partial charge is 0.479 e. The van der Waals surface area contributed by atoms with Gasteiger partial charge in [-0.25, -0.2) is 14.6 Å². The molecule has 0 bridgehead atoms. The number of nitrogens with zero attached hydrogens (tertiary/aromatic N) is 5. The highest BCUT2D eigenvalue weighted by Crippen LogP contribution is 2.27. The molecule has 3 aromatic heterocycles. The standard InChI is InChI=1S/C18H22N8O/c1-11-6-16(19-2)25-18(23-11)24-13-7-15(17(27-3)21-10-13)26-14-4-5-20-8-12(14)9-22-26/h6-7,9-10,20H,4-5,8H2,1-3H3,(H2,19,23,24,25). The molecule has 1 aliphatic rings. The van der Waals surface area contributed by atoms with E-state index in [1.807, 2.05) is 37.0 Å². The van der Waals surface area contributed by atoms with E-state index in [1.54, 1.807) is 13.3 Å². The van der Waals surface area contributed by atoms with Crippen LogP contribution in [0.5, 0.6) is 5.88 Å². The second-order valence-corrected chi connectivity index (χ2v) is 6.30. The van der Waals surface area contributed by atoms with Gasteiger partial charge in [0.1, 0.15) is 11.5 Å². The Hall–Kier alpha value is -3.20. The highest BCUT2D eigenvalue weighted by molar-refractivity contribution is 5.60. The normalized spacial score (nSPS) is 13.1. The number of aryl methyl sites for hydroxylation is 1. The van der Waals surface area contributed by atoms with Crippen LogP contribution in [0.1, 0.15) is 17.0 Å². The first-order valence-electron chi connectivity index (χ1n) is 8.79. The van der Waals surface area contributed by atoms with Gasteiger partial charge in [-0.05, 0) is 13.0 Å². The van der Waals surface area contributed by atoms with Crippen LogP contribution in [0.15, 0.2) is 24.5 Å². The monoisotopic (exact) mass is 366 g/mol. The summed E-state index contributed by atoms with van der Waals surface area (Å²) in [5.41, 5.74) is 4.79. The third-order valence-corrected chi connectivity index (χ3v) is 4.43. The smallest absolute Gasteiger partial charge is 0.239 e. The predicted octanol–water partition coefficient (Wildman–Crippen LogP) is 1.81. The van der Waals surface area contributed by atoms with Crippen molar-refractivity contribution in [3.05, 3.63) is 41.5 Å². The molecular formula is C18H22N8O. The fourth-order valence-electron chi connectivity index (χ4n) is 3.16. The summed E-state index contributed by atoms with van der Waals surface area (Å²) >= 11 is 0. The molecule has 0 spiro atoms. The molecule has 27 heavy (non-hydrogen) atoms. The number of hydrogen-bond donors (Lipinski definition) is 3. The van der Waals surface area contributed by atoms with E-state index in [-0.39, 0.29) is 0 Å². The summed E-state index contributed by atoms with van der Waals surface area (Å²) < 4.78 is 7.37. The van der Waals surface area contributed by atoms with Crippen molar-refractivity contribution in [2.45, 2.75) is 19.9 Å². The molecule has 0 atom stereocenters. The SMILES string of the molecule is CNc1cc(C)nc(Nc2cnc(OC)c(-n3ncc4c3CCNC4)c2)n1. The minimum absolute atomic E-state index is 0.504. The molecule has 0 saturated carbocycles. The topological polar surface area (TPSA) is 102 Å². The summed E-state index contributed by atoms with van der Waals surface area (Å²) in [6.07, 6.45) is 4.50. The highest BCUT2D eigenvalue weighted by Gasteiger charge is 2.19. The summed E-state index contributed by atoms with van der Waals surface area (Å²) in [4.78, 5) is 13.3. The van der Waals surface area contributed by atoms with E-state index in [0.717, 1.165) is 42.4 Å². The summed E-state index contributed by atoms with van der Waals surface area (Å²) in [6.45, 7) is 3.68. The molecule has 140 valence electrons. The molecule has 1 aliphatic heterocycles. The number of ether oxygens (including phenoxy) is 1. The van der Waals surface area contributed by atoms with Crippen LogP contribution >= 0.6 is 0 Å². The molecule has 4 heterocycles. The average molecular weight is 366 g/mol. The van der Waals surface area contributed by atoms with Gasteiger partial charge in [0.2, 0.25) is 11.8 Å². The quantitative estimate of drug-likeness (QED) is 0.628. The molecule has 0 saturated heterocycles. The lowest BCUT2D eigenvalue weighted by atomic mass is 10.1. The molecule has 3 N–H and O–H groups in total. The van der Waals surface area contributed by atoms with Gasteiger partial charge in [-0.3, -0.25) is 0 Å². The number of nitrogens with one attached hydrogen (secondary N) is 3. The van der Waals surface area contributed by atoms with Gasteiger partial charge in [-0.2, -0.15) is 10.1 Å². The Morgan fingerprint density at radius 1 is 1.22 bits per heavy atom. The van der Waals surface area contributed by atoms with Crippen molar-refractivity contribution >= 4 is 17.5 Å². The lowest BCUT2D eigenvalue weighted by Crippen LogP contribution is -2.24. The van der Waals surface area contributed by atoms with Crippen molar-refractivity contribution in [3.63, 3.8) is 0 Å². The maximum Gasteiger partial charge on any atom is 0.239 e. The van der Waals surface area contributed by atoms with Crippen molar-refractivity contribution in [1.29, 1.82) is 0 Å². The van der Waals surface area contributed by atoms with Gasteiger partial charge in [-0.1, -0.05) is 0 Å². The first-order chi connectivity index (χ1) is 13.2. The Morgan fingerprint density at radius 3 is 2.93 bits per heavy atom. The molecule has 9 heteroatoms. The predicted molar refractivity (Wildman–Crippen MR) is 103 cm³/mol. The fourth-order valence-corrected chi connectivity index (χ4v) is 3.16. The van der Waals surface area contributed by atoms with Gasteiger partial charge in [0.05, 0.1) is 30.9 Å². The maximum absolute atomic E-state index is 5.46. The van der Waals surface area contributed by atoms with E-state index in [1.165, 1.54) is 11.3 Å². The molecule has 9 nitrogen and oxygen atoms in total. The number of anilines is 3.